The topological polar surface area (TPSA) is 30.5 Å². The van der Waals surface area contributed by atoms with Crippen molar-refractivity contribution in [1.29, 1.82) is 0 Å². The largest absolute Gasteiger partial charge is 0.497 e. The van der Waals surface area contributed by atoms with Crippen molar-refractivity contribution in [2.24, 2.45) is 0 Å². The highest BCUT2D eigenvalue weighted by molar-refractivity contribution is 6.29. The van der Waals surface area contributed by atoms with Gasteiger partial charge in [0.2, 0.25) is 0 Å². The van der Waals surface area contributed by atoms with Gasteiger partial charge in [-0.15, -0.1) is 0 Å². The number of halogens is 1. The fourth-order valence-electron chi connectivity index (χ4n) is 1.14. The van der Waals surface area contributed by atoms with Gasteiger partial charge in [-0.25, -0.2) is 0 Å². The predicted octanol–water partition coefficient (Wildman–Crippen LogP) is 2.42. The second-order valence-electron chi connectivity index (χ2n) is 3.22. The van der Waals surface area contributed by atoms with E-state index in [1.54, 1.807) is 7.11 Å². The molecule has 16 heavy (non-hydrogen) atoms. The second kappa shape index (κ2) is 7.14. The highest BCUT2D eigenvalue weighted by Gasteiger charge is 1.95. The van der Waals surface area contributed by atoms with Gasteiger partial charge in [-0.3, -0.25) is 0 Å². The minimum absolute atomic E-state index is 0.594. The Bertz CT molecular complexity index is 324. The molecule has 0 radical (unpaired) electrons. The number of ether oxygens (including phenoxy) is 2. The summed E-state index contributed by atoms with van der Waals surface area (Å²) in [4.78, 5) is 0. The van der Waals surface area contributed by atoms with Crippen molar-refractivity contribution in [2.45, 2.75) is 0 Å². The standard InChI is InChI=1S/C12H16ClNO2/c1-10(13)9-14-7-8-16-12-5-3-11(15-2)4-6-12/h3-6,14H,1,7-9H2,2H3. The Morgan fingerprint density at radius 2 is 1.94 bits per heavy atom. The molecule has 0 spiro atoms. The van der Waals surface area contributed by atoms with Crippen LogP contribution in [0.3, 0.4) is 0 Å². The van der Waals surface area contributed by atoms with Crippen molar-refractivity contribution in [3.05, 3.63) is 35.9 Å². The summed E-state index contributed by atoms with van der Waals surface area (Å²) in [6.07, 6.45) is 0. The highest BCUT2D eigenvalue weighted by Crippen LogP contribution is 2.16. The molecule has 1 N–H and O–H groups in total. The van der Waals surface area contributed by atoms with E-state index in [4.69, 9.17) is 21.1 Å². The first-order valence-electron chi connectivity index (χ1n) is 5.03. The smallest absolute Gasteiger partial charge is 0.119 e. The summed E-state index contributed by atoms with van der Waals surface area (Å²) in [5.74, 6) is 1.65. The third kappa shape index (κ3) is 5.05. The average molecular weight is 242 g/mol. The number of rotatable bonds is 7. The van der Waals surface area contributed by atoms with Crippen LogP contribution in [0.15, 0.2) is 35.9 Å². The maximum Gasteiger partial charge on any atom is 0.119 e. The van der Waals surface area contributed by atoms with E-state index in [2.05, 4.69) is 11.9 Å². The third-order valence-corrected chi connectivity index (χ3v) is 2.06. The molecular formula is C12H16ClNO2. The molecule has 0 fully saturated rings. The SMILES string of the molecule is C=C(Cl)CNCCOc1ccc(OC)cc1. The van der Waals surface area contributed by atoms with Gasteiger partial charge in [0.15, 0.2) is 0 Å². The zero-order valence-electron chi connectivity index (χ0n) is 9.33. The molecule has 0 aliphatic carbocycles. The van der Waals surface area contributed by atoms with Gasteiger partial charge in [-0.2, -0.15) is 0 Å². The molecule has 0 saturated carbocycles. The van der Waals surface area contributed by atoms with Crippen molar-refractivity contribution in [2.75, 3.05) is 26.8 Å². The van der Waals surface area contributed by atoms with Crippen LogP contribution in [0.1, 0.15) is 0 Å². The molecule has 0 amide bonds. The van der Waals surface area contributed by atoms with Gasteiger partial charge in [0.05, 0.1) is 7.11 Å². The van der Waals surface area contributed by atoms with Crippen LogP contribution in [0.25, 0.3) is 0 Å². The minimum Gasteiger partial charge on any atom is -0.497 e. The molecule has 0 aromatic heterocycles. The number of methoxy groups -OCH3 is 1. The van der Waals surface area contributed by atoms with Gasteiger partial charge in [0.1, 0.15) is 18.1 Å². The summed E-state index contributed by atoms with van der Waals surface area (Å²) in [6.45, 7) is 5.51. The lowest BCUT2D eigenvalue weighted by Gasteiger charge is -2.07. The molecular weight excluding hydrogens is 226 g/mol. The van der Waals surface area contributed by atoms with Gasteiger partial charge in [-0.05, 0) is 24.3 Å². The summed E-state index contributed by atoms with van der Waals surface area (Å²) < 4.78 is 10.5. The molecule has 4 heteroatoms. The third-order valence-electron chi connectivity index (χ3n) is 1.92. The summed E-state index contributed by atoms with van der Waals surface area (Å²) >= 11 is 5.60. The van der Waals surface area contributed by atoms with Crippen LogP contribution in [0.4, 0.5) is 0 Å². The average Bonchev–Trinajstić information content (AvgIpc) is 2.29. The van der Waals surface area contributed by atoms with Crippen molar-refractivity contribution in [3.8, 4) is 11.5 Å². The van der Waals surface area contributed by atoms with E-state index in [9.17, 15) is 0 Å². The van der Waals surface area contributed by atoms with Crippen molar-refractivity contribution in [1.82, 2.24) is 5.32 Å². The Morgan fingerprint density at radius 1 is 1.31 bits per heavy atom. The number of hydrogen-bond donors (Lipinski definition) is 1. The fourth-order valence-corrected chi connectivity index (χ4v) is 1.23. The predicted molar refractivity (Wildman–Crippen MR) is 66.4 cm³/mol. The molecule has 0 heterocycles. The zero-order chi connectivity index (χ0) is 11.8. The van der Waals surface area contributed by atoms with Crippen LogP contribution < -0.4 is 14.8 Å². The fraction of sp³-hybridized carbons (Fsp3) is 0.333. The summed E-state index contributed by atoms with van der Waals surface area (Å²) in [5, 5.41) is 3.70. The molecule has 1 rings (SSSR count). The first kappa shape index (κ1) is 12.9. The monoisotopic (exact) mass is 241 g/mol. The maximum absolute atomic E-state index is 5.60. The molecule has 1 aromatic carbocycles. The van der Waals surface area contributed by atoms with Crippen molar-refractivity contribution < 1.29 is 9.47 Å². The molecule has 0 aliphatic rings. The maximum atomic E-state index is 5.60. The molecule has 88 valence electrons. The first-order valence-corrected chi connectivity index (χ1v) is 5.41. The first-order chi connectivity index (χ1) is 7.72. The lowest BCUT2D eigenvalue weighted by atomic mass is 10.3. The summed E-state index contributed by atoms with van der Waals surface area (Å²) in [6, 6.07) is 7.48. The van der Waals surface area contributed by atoms with Gasteiger partial charge in [0, 0.05) is 18.1 Å². The van der Waals surface area contributed by atoms with E-state index >= 15 is 0 Å². The Balaban J connectivity index is 2.19. The molecule has 0 atom stereocenters. The Labute approximate surface area is 101 Å². The lowest BCUT2D eigenvalue weighted by molar-refractivity contribution is 0.315. The molecule has 0 aliphatic heterocycles. The minimum atomic E-state index is 0.594. The van der Waals surface area contributed by atoms with Crippen LogP contribution in [-0.4, -0.2) is 26.8 Å². The normalized spacial score (nSPS) is 9.88. The van der Waals surface area contributed by atoms with Crippen LogP contribution in [0, 0.1) is 0 Å². The Hall–Kier alpha value is -1.19. The van der Waals surface area contributed by atoms with Gasteiger partial charge in [0.25, 0.3) is 0 Å². The van der Waals surface area contributed by atoms with E-state index < -0.39 is 0 Å². The number of nitrogens with one attached hydrogen (secondary N) is 1. The summed E-state index contributed by atoms with van der Waals surface area (Å²) in [5.41, 5.74) is 0. The quantitative estimate of drug-likeness (QED) is 0.744. The molecule has 0 unspecified atom stereocenters. The summed E-state index contributed by atoms with van der Waals surface area (Å²) in [7, 11) is 1.64. The molecule has 3 nitrogen and oxygen atoms in total. The van der Waals surface area contributed by atoms with Gasteiger partial charge >= 0.3 is 0 Å². The number of benzene rings is 1. The molecule has 0 bridgehead atoms. The van der Waals surface area contributed by atoms with E-state index in [-0.39, 0.29) is 0 Å². The van der Waals surface area contributed by atoms with E-state index in [1.165, 1.54) is 0 Å². The van der Waals surface area contributed by atoms with Crippen LogP contribution >= 0.6 is 11.6 Å². The zero-order valence-corrected chi connectivity index (χ0v) is 10.1. The van der Waals surface area contributed by atoms with Crippen LogP contribution in [-0.2, 0) is 0 Å². The molecule has 1 aromatic rings. The number of hydrogen-bond acceptors (Lipinski definition) is 3. The van der Waals surface area contributed by atoms with E-state index in [0.717, 1.165) is 18.0 Å². The second-order valence-corrected chi connectivity index (χ2v) is 3.75. The van der Waals surface area contributed by atoms with Crippen LogP contribution in [0.5, 0.6) is 11.5 Å². The van der Waals surface area contributed by atoms with E-state index in [0.29, 0.717) is 18.2 Å². The van der Waals surface area contributed by atoms with Gasteiger partial charge in [-0.1, -0.05) is 18.2 Å². The molecule has 0 saturated heterocycles. The Kier molecular flexibility index (Phi) is 5.75. The highest BCUT2D eigenvalue weighted by atomic mass is 35.5. The van der Waals surface area contributed by atoms with Crippen molar-refractivity contribution >= 4 is 11.6 Å². The van der Waals surface area contributed by atoms with Crippen LogP contribution in [0.2, 0.25) is 0 Å². The Morgan fingerprint density at radius 3 is 2.50 bits per heavy atom. The van der Waals surface area contributed by atoms with Gasteiger partial charge < -0.3 is 14.8 Å². The lowest BCUT2D eigenvalue weighted by Crippen LogP contribution is -2.22. The van der Waals surface area contributed by atoms with Crippen molar-refractivity contribution in [3.63, 3.8) is 0 Å². The van der Waals surface area contributed by atoms with E-state index in [1.807, 2.05) is 24.3 Å².